The maximum atomic E-state index is 5.68. The van der Waals surface area contributed by atoms with E-state index >= 15 is 0 Å². The number of benzene rings is 1. The molecular formula is C12H9N7OS. The first-order chi connectivity index (χ1) is 10.3. The molecule has 0 amide bonds. The number of nitrogen functional groups attached to an aromatic ring is 1. The van der Waals surface area contributed by atoms with Crippen molar-refractivity contribution in [2.24, 2.45) is 5.84 Å². The molecule has 0 aliphatic rings. The van der Waals surface area contributed by atoms with Crippen LogP contribution in [0, 0.1) is 0 Å². The Hall–Kier alpha value is -2.65. The Bertz CT molecular complexity index is 899. The van der Waals surface area contributed by atoms with Crippen LogP contribution in [0.5, 0.6) is 0 Å². The van der Waals surface area contributed by atoms with E-state index in [4.69, 9.17) is 10.3 Å². The van der Waals surface area contributed by atoms with Gasteiger partial charge < -0.3 is 4.42 Å². The molecule has 0 saturated carbocycles. The van der Waals surface area contributed by atoms with Gasteiger partial charge in [0.25, 0.3) is 5.22 Å². The Morgan fingerprint density at radius 2 is 2.10 bits per heavy atom. The molecule has 1 aromatic carbocycles. The van der Waals surface area contributed by atoms with Gasteiger partial charge in [-0.2, -0.15) is 10.1 Å². The first-order valence-corrected chi connectivity index (χ1v) is 6.86. The minimum atomic E-state index is 0.297. The van der Waals surface area contributed by atoms with Gasteiger partial charge in [-0.1, -0.05) is 12.1 Å². The van der Waals surface area contributed by atoms with Crippen LogP contribution in [0.2, 0.25) is 0 Å². The van der Waals surface area contributed by atoms with E-state index in [1.165, 1.54) is 11.8 Å². The van der Waals surface area contributed by atoms with Crippen molar-refractivity contribution in [2.75, 3.05) is 5.43 Å². The highest BCUT2D eigenvalue weighted by atomic mass is 32.2. The number of H-pyrrole nitrogens is 1. The lowest BCUT2D eigenvalue weighted by atomic mass is 10.3. The number of nitrogens with one attached hydrogen (secondary N) is 2. The number of fused-ring (bicyclic) bond motifs is 2. The second kappa shape index (κ2) is 4.72. The minimum Gasteiger partial charge on any atom is -0.431 e. The van der Waals surface area contributed by atoms with E-state index < -0.39 is 0 Å². The smallest absolute Gasteiger partial charge is 0.263 e. The number of anilines is 1. The van der Waals surface area contributed by atoms with Crippen LogP contribution < -0.4 is 11.3 Å². The van der Waals surface area contributed by atoms with Crippen molar-refractivity contribution in [1.29, 1.82) is 0 Å². The van der Waals surface area contributed by atoms with Gasteiger partial charge in [-0.3, -0.25) is 10.5 Å². The number of hydrogen-bond donors (Lipinski definition) is 3. The Labute approximate surface area is 122 Å². The van der Waals surface area contributed by atoms with E-state index in [1.54, 1.807) is 6.20 Å². The summed E-state index contributed by atoms with van der Waals surface area (Å²) in [5.41, 5.74) is 4.55. The zero-order chi connectivity index (χ0) is 14.2. The van der Waals surface area contributed by atoms with Crippen molar-refractivity contribution in [1.82, 2.24) is 25.1 Å². The fourth-order valence-electron chi connectivity index (χ4n) is 1.93. The molecule has 8 nitrogen and oxygen atoms in total. The molecule has 0 radical (unpaired) electrons. The van der Waals surface area contributed by atoms with E-state index in [2.05, 4.69) is 30.6 Å². The summed E-state index contributed by atoms with van der Waals surface area (Å²) in [4.78, 5) is 12.9. The minimum absolute atomic E-state index is 0.297. The normalized spacial score (nSPS) is 11.3. The summed E-state index contributed by atoms with van der Waals surface area (Å²) in [5, 5.41) is 8.69. The maximum absolute atomic E-state index is 5.68. The van der Waals surface area contributed by atoms with Crippen LogP contribution >= 0.6 is 11.8 Å². The average molecular weight is 299 g/mol. The fourth-order valence-corrected chi connectivity index (χ4v) is 2.76. The van der Waals surface area contributed by atoms with Gasteiger partial charge in [0, 0.05) is 0 Å². The maximum Gasteiger partial charge on any atom is 0.263 e. The summed E-state index contributed by atoms with van der Waals surface area (Å²) in [6.45, 7) is 0. The molecule has 4 rings (SSSR count). The van der Waals surface area contributed by atoms with E-state index in [0.29, 0.717) is 21.8 Å². The molecule has 3 heterocycles. The van der Waals surface area contributed by atoms with E-state index in [0.717, 1.165) is 16.5 Å². The Kier molecular flexibility index (Phi) is 2.72. The number of aromatic amines is 1. The topological polar surface area (TPSA) is 119 Å². The largest absolute Gasteiger partial charge is 0.431 e. The van der Waals surface area contributed by atoms with Gasteiger partial charge in [-0.25, -0.2) is 15.8 Å². The van der Waals surface area contributed by atoms with Crippen LogP contribution in [-0.4, -0.2) is 25.1 Å². The standard InChI is InChI=1S/C12H9N7OS/c13-18-11-16-9-6(5-14-19-9)10(17-11)21-12-15-7-3-1-2-4-8(7)20-12/h1-5H,13H2,(H2,14,16,17,18,19). The van der Waals surface area contributed by atoms with Crippen LogP contribution in [0.1, 0.15) is 0 Å². The van der Waals surface area contributed by atoms with Gasteiger partial charge in [0.2, 0.25) is 5.95 Å². The molecule has 104 valence electrons. The number of aromatic nitrogens is 5. The van der Waals surface area contributed by atoms with Crippen LogP contribution in [0.15, 0.2) is 45.1 Å². The Morgan fingerprint density at radius 3 is 2.95 bits per heavy atom. The summed E-state index contributed by atoms with van der Waals surface area (Å²) in [6, 6.07) is 7.57. The van der Waals surface area contributed by atoms with Gasteiger partial charge >= 0.3 is 0 Å². The second-order valence-corrected chi connectivity index (χ2v) is 5.12. The van der Waals surface area contributed by atoms with E-state index in [-0.39, 0.29) is 0 Å². The molecule has 0 saturated heterocycles. The number of nitrogens with two attached hydrogens (primary N) is 1. The van der Waals surface area contributed by atoms with Crippen molar-refractivity contribution in [3.63, 3.8) is 0 Å². The van der Waals surface area contributed by atoms with Gasteiger partial charge in [0.15, 0.2) is 11.2 Å². The number of nitrogens with zero attached hydrogens (tertiary/aromatic N) is 4. The molecule has 0 atom stereocenters. The summed E-state index contributed by atoms with van der Waals surface area (Å²) in [5.74, 6) is 5.67. The summed E-state index contributed by atoms with van der Waals surface area (Å²) < 4.78 is 5.68. The zero-order valence-corrected chi connectivity index (χ0v) is 11.4. The highest BCUT2D eigenvalue weighted by Crippen LogP contribution is 2.32. The first-order valence-electron chi connectivity index (χ1n) is 6.04. The predicted octanol–water partition coefficient (Wildman–Crippen LogP) is 1.93. The molecule has 9 heteroatoms. The van der Waals surface area contributed by atoms with Crippen molar-refractivity contribution < 1.29 is 4.42 Å². The van der Waals surface area contributed by atoms with Crippen LogP contribution in [0.4, 0.5) is 5.95 Å². The Balaban J connectivity index is 1.80. The molecule has 4 N–H and O–H groups in total. The van der Waals surface area contributed by atoms with E-state index in [1.807, 2.05) is 24.3 Å². The van der Waals surface area contributed by atoms with Crippen LogP contribution in [0.3, 0.4) is 0 Å². The van der Waals surface area contributed by atoms with Gasteiger partial charge in [0.1, 0.15) is 10.5 Å². The second-order valence-electron chi connectivity index (χ2n) is 4.18. The third-order valence-electron chi connectivity index (χ3n) is 2.86. The van der Waals surface area contributed by atoms with Crippen molar-refractivity contribution in [2.45, 2.75) is 10.2 Å². The van der Waals surface area contributed by atoms with Crippen molar-refractivity contribution in [3.05, 3.63) is 30.5 Å². The number of rotatable bonds is 3. The lowest BCUT2D eigenvalue weighted by Crippen LogP contribution is -2.10. The van der Waals surface area contributed by atoms with Crippen LogP contribution in [0.25, 0.3) is 22.1 Å². The fraction of sp³-hybridized carbons (Fsp3) is 0. The predicted molar refractivity (Wildman–Crippen MR) is 77.6 cm³/mol. The number of oxazole rings is 1. The summed E-state index contributed by atoms with van der Waals surface area (Å²) in [7, 11) is 0. The van der Waals surface area contributed by atoms with Crippen LogP contribution in [-0.2, 0) is 0 Å². The monoisotopic (exact) mass is 299 g/mol. The van der Waals surface area contributed by atoms with Gasteiger partial charge in [-0.15, -0.1) is 0 Å². The lowest BCUT2D eigenvalue weighted by molar-refractivity contribution is 0.489. The molecule has 4 aromatic rings. The van der Waals surface area contributed by atoms with Crippen molar-refractivity contribution >= 4 is 39.8 Å². The number of hydrazine groups is 1. The Morgan fingerprint density at radius 1 is 1.19 bits per heavy atom. The van der Waals surface area contributed by atoms with E-state index in [9.17, 15) is 0 Å². The molecule has 21 heavy (non-hydrogen) atoms. The molecule has 0 unspecified atom stereocenters. The first kappa shape index (κ1) is 12.1. The van der Waals surface area contributed by atoms with Crippen molar-refractivity contribution in [3.8, 4) is 0 Å². The number of hydrogen-bond acceptors (Lipinski definition) is 8. The summed E-state index contributed by atoms with van der Waals surface area (Å²) in [6.07, 6.45) is 1.65. The third-order valence-corrected chi connectivity index (χ3v) is 3.72. The molecule has 0 fully saturated rings. The average Bonchev–Trinajstić information content (AvgIpc) is 3.12. The highest BCUT2D eigenvalue weighted by Gasteiger charge is 2.14. The number of para-hydroxylation sites is 2. The quantitative estimate of drug-likeness (QED) is 0.298. The van der Waals surface area contributed by atoms with Gasteiger partial charge in [0.05, 0.1) is 11.6 Å². The molecule has 0 aliphatic carbocycles. The molecule has 0 aliphatic heterocycles. The third kappa shape index (κ3) is 2.08. The van der Waals surface area contributed by atoms with Gasteiger partial charge in [-0.05, 0) is 23.9 Å². The SMILES string of the molecule is NNc1nc(Sc2nc3ccccc3o2)c2cn[nH]c2n1. The lowest BCUT2D eigenvalue weighted by Gasteiger charge is -2.01. The molecule has 0 bridgehead atoms. The molecule has 0 spiro atoms. The molecular weight excluding hydrogens is 290 g/mol. The summed E-state index contributed by atoms with van der Waals surface area (Å²) >= 11 is 1.29. The zero-order valence-electron chi connectivity index (χ0n) is 10.6. The highest BCUT2D eigenvalue weighted by molar-refractivity contribution is 7.99. The molecule has 3 aromatic heterocycles.